The van der Waals surface area contributed by atoms with Gasteiger partial charge in [-0.1, -0.05) is 18.2 Å². The molecule has 0 spiro atoms. The van der Waals surface area contributed by atoms with Crippen molar-refractivity contribution < 1.29 is 0 Å². The topological polar surface area (TPSA) is 25.8 Å². The second kappa shape index (κ2) is 4.55. The van der Waals surface area contributed by atoms with Crippen LogP contribution in [0.15, 0.2) is 18.3 Å². The van der Waals surface area contributed by atoms with Gasteiger partial charge in [-0.2, -0.15) is 0 Å². The fourth-order valence-corrected chi connectivity index (χ4v) is 1.10. The van der Waals surface area contributed by atoms with Crippen LogP contribution < -0.4 is 0 Å². The Bertz CT molecular complexity index is 338. The van der Waals surface area contributed by atoms with Crippen molar-refractivity contribution in [2.75, 3.05) is 0 Å². The third-order valence-electron chi connectivity index (χ3n) is 1.64. The SMILES string of the molecule is C/C=C\c1cnc(C)nc1/C=C\C. The van der Waals surface area contributed by atoms with Gasteiger partial charge in [0.1, 0.15) is 5.82 Å². The molecular weight excluding hydrogens is 160 g/mol. The molecule has 0 aliphatic rings. The molecule has 0 fully saturated rings. The van der Waals surface area contributed by atoms with Crippen LogP contribution in [0.25, 0.3) is 12.2 Å². The third kappa shape index (κ3) is 2.51. The largest absolute Gasteiger partial charge is 0.241 e. The van der Waals surface area contributed by atoms with Crippen molar-refractivity contribution in [3.63, 3.8) is 0 Å². The van der Waals surface area contributed by atoms with E-state index in [1.165, 1.54) is 0 Å². The van der Waals surface area contributed by atoms with E-state index in [1.54, 1.807) is 0 Å². The van der Waals surface area contributed by atoms with E-state index >= 15 is 0 Å². The molecule has 13 heavy (non-hydrogen) atoms. The summed E-state index contributed by atoms with van der Waals surface area (Å²) in [5.74, 6) is 0.807. The van der Waals surface area contributed by atoms with Gasteiger partial charge in [0, 0.05) is 11.8 Å². The standard InChI is InChI=1S/C11H14N2/c1-4-6-10-8-12-9(3)13-11(10)7-5-2/h4-8H,1-3H3/b6-4-,7-5-. The lowest BCUT2D eigenvalue weighted by Gasteiger charge is -2.00. The van der Waals surface area contributed by atoms with E-state index in [0.29, 0.717) is 0 Å². The minimum atomic E-state index is 0.807. The van der Waals surface area contributed by atoms with E-state index in [0.717, 1.165) is 17.1 Å². The molecule has 0 aliphatic carbocycles. The Kier molecular flexibility index (Phi) is 3.38. The summed E-state index contributed by atoms with van der Waals surface area (Å²) in [6.07, 6.45) is 9.81. The molecule has 0 saturated heterocycles. The van der Waals surface area contributed by atoms with Crippen LogP contribution in [0.5, 0.6) is 0 Å². The van der Waals surface area contributed by atoms with E-state index in [9.17, 15) is 0 Å². The first-order valence-electron chi connectivity index (χ1n) is 4.37. The molecule has 1 aromatic heterocycles. The summed E-state index contributed by atoms with van der Waals surface area (Å²) in [7, 11) is 0. The van der Waals surface area contributed by atoms with Gasteiger partial charge in [-0.15, -0.1) is 0 Å². The van der Waals surface area contributed by atoms with Gasteiger partial charge in [-0.25, -0.2) is 9.97 Å². The van der Waals surface area contributed by atoms with Gasteiger partial charge in [-0.05, 0) is 26.8 Å². The molecule has 0 bridgehead atoms. The highest BCUT2D eigenvalue weighted by Crippen LogP contribution is 2.09. The molecule has 2 heteroatoms. The summed E-state index contributed by atoms with van der Waals surface area (Å²) < 4.78 is 0. The number of hydrogen-bond acceptors (Lipinski definition) is 2. The van der Waals surface area contributed by atoms with Gasteiger partial charge in [0.25, 0.3) is 0 Å². The Labute approximate surface area is 79.0 Å². The van der Waals surface area contributed by atoms with Crippen molar-refractivity contribution >= 4 is 12.2 Å². The summed E-state index contributed by atoms with van der Waals surface area (Å²) >= 11 is 0. The zero-order valence-electron chi connectivity index (χ0n) is 8.28. The zero-order chi connectivity index (χ0) is 9.68. The molecule has 0 radical (unpaired) electrons. The Morgan fingerprint density at radius 1 is 1.15 bits per heavy atom. The number of aromatic nitrogens is 2. The van der Waals surface area contributed by atoms with Crippen LogP contribution in [-0.4, -0.2) is 9.97 Å². The minimum absolute atomic E-state index is 0.807. The second-order valence-corrected chi connectivity index (χ2v) is 2.76. The average molecular weight is 174 g/mol. The van der Waals surface area contributed by atoms with Gasteiger partial charge in [0.15, 0.2) is 0 Å². The molecule has 0 saturated carbocycles. The molecule has 0 unspecified atom stereocenters. The Morgan fingerprint density at radius 2 is 1.85 bits per heavy atom. The van der Waals surface area contributed by atoms with Gasteiger partial charge < -0.3 is 0 Å². The summed E-state index contributed by atoms with van der Waals surface area (Å²) in [6.45, 7) is 5.86. The van der Waals surface area contributed by atoms with Gasteiger partial charge in [0.2, 0.25) is 0 Å². The van der Waals surface area contributed by atoms with E-state index in [4.69, 9.17) is 0 Å². The molecule has 0 N–H and O–H groups in total. The van der Waals surface area contributed by atoms with Gasteiger partial charge in [0.05, 0.1) is 5.69 Å². The third-order valence-corrected chi connectivity index (χ3v) is 1.64. The van der Waals surface area contributed by atoms with E-state index in [-0.39, 0.29) is 0 Å². The summed E-state index contributed by atoms with van der Waals surface area (Å²) in [5.41, 5.74) is 2.04. The van der Waals surface area contributed by atoms with Crippen molar-refractivity contribution in [2.24, 2.45) is 0 Å². The maximum atomic E-state index is 4.33. The number of aryl methyl sites for hydroxylation is 1. The van der Waals surface area contributed by atoms with E-state index < -0.39 is 0 Å². The van der Waals surface area contributed by atoms with Gasteiger partial charge >= 0.3 is 0 Å². The predicted molar refractivity (Wildman–Crippen MR) is 56.2 cm³/mol. The van der Waals surface area contributed by atoms with Crippen molar-refractivity contribution in [3.8, 4) is 0 Å². The number of rotatable bonds is 2. The van der Waals surface area contributed by atoms with Crippen LogP contribution in [0.2, 0.25) is 0 Å². The number of nitrogens with zero attached hydrogens (tertiary/aromatic N) is 2. The highest BCUT2D eigenvalue weighted by molar-refractivity contribution is 5.61. The highest BCUT2D eigenvalue weighted by atomic mass is 14.9. The monoisotopic (exact) mass is 174 g/mol. The Hall–Kier alpha value is -1.44. The quantitative estimate of drug-likeness (QED) is 0.689. The first kappa shape index (κ1) is 9.65. The predicted octanol–water partition coefficient (Wildman–Crippen LogP) is 2.85. The molecule has 68 valence electrons. The fraction of sp³-hybridized carbons (Fsp3) is 0.273. The Morgan fingerprint density at radius 3 is 2.46 bits per heavy atom. The van der Waals surface area contributed by atoms with Crippen LogP contribution >= 0.6 is 0 Å². The molecule has 1 heterocycles. The van der Waals surface area contributed by atoms with E-state index in [2.05, 4.69) is 9.97 Å². The van der Waals surface area contributed by atoms with Crippen LogP contribution in [0, 0.1) is 6.92 Å². The number of allylic oxidation sites excluding steroid dienone is 2. The Balaban J connectivity index is 3.18. The van der Waals surface area contributed by atoms with E-state index in [1.807, 2.05) is 51.3 Å². The van der Waals surface area contributed by atoms with Gasteiger partial charge in [-0.3, -0.25) is 0 Å². The van der Waals surface area contributed by atoms with Crippen LogP contribution in [0.1, 0.15) is 30.9 Å². The molecule has 0 aliphatic heterocycles. The highest BCUT2D eigenvalue weighted by Gasteiger charge is 1.97. The molecule has 0 amide bonds. The van der Waals surface area contributed by atoms with Crippen LogP contribution in [0.3, 0.4) is 0 Å². The molecule has 1 aromatic rings. The molecular formula is C11H14N2. The lowest BCUT2D eigenvalue weighted by atomic mass is 10.2. The maximum absolute atomic E-state index is 4.33. The smallest absolute Gasteiger partial charge is 0.125 e. The van der Waals surface area contributed by atoms with Crippen molar-refractivity contribution in [3.05, 3.63) is 35.4 Å². The molecule has 0 aromatic carbocycles. The first-order valence-corrected chi connectivity index (χ1v) is 4.37. The molecule has 0 atom stereocenters. The lowest BCUT2D eigenvalue weighted by molar-refractivity contribution is 1.04. The first-order chi connectivity index (χ1) is 6.27. The zero-order valence-corrected chi connectivity index (χ0v) is 8.28. The maximum Gasteiger partial charge on any atom is 0.125 e. The van der Waals surface area contributed by atoms with Crippen LogP contribution in [0.4, 0.5) is 0 Å². The summed E-state index contributed by atoms with van der Waals surface area (Å²) in [6, 6.07) is 0. The van der Waals surface area contributed by atoms with Crippen molar-refractivity contribution in [1.82, 2.24) is 9.97 Å². The molecule has 2 nitrogen and oxygen atoms in total. The molecule has 1 rings (SSSR count). The fourth-order valence-electron chi connectivity index (χ4n) is 1.10. The number of hydrogen-bond donors (Lipinski definition) is 0. The lowest BCUT2D eigenvalue weighted by Crippen LogP contribution is -1.93. The average Bonchev–Trinajstić information content (AvgIpc) is 2.10. The summed E-state index contributed by atoms with van der Waals surface area (Å²) in [4.78, 5) is 8.48. The van der Waals surface area contributed by atoms with Crippen molar-refractivity contribution in [2.45, 2.75) is 20.8 Å². The summed E-state index contributed by atoms with van der Waals surface area (Å²) in [5, 5.41) is 0. The van der Waals surface area contributed by atoms with Crippen molar-refractivity contribution in [1.29, 1.82) is 0 Å². The van der Waals surface area contributed by atoms with Crippen LogP contribution in [-0.2, 0) is 0 Å². The normalized spacial score (nSPS) is 11.6. The second-order valence-electron chi connectivity index (χ2n) is 2.76. The minimum Gasteiger partial charge on any atom is -0.241 e.